The molecule has 108 valence electrons. The summed E-state index contributed by atoms with van der Waals surface area (Å²) in [5.41, 5.74) is 3.45. The van der Waals surface area contributed by atoms with Crippen LogP contribution in [0.3, 0.4) is 0 Å². The monoisotopic (exact) mass is 282 g/mol. The first-order valence-corrected chi connectivity index (χ1v) is 7.11. The zero-order valence-electron chi connectivity index (χ0n) is 12.3. The number of fused-ring (bicyclic) bond motifs is 1. The Balaban J connectivity index is 1.70. The van der Waals surface area contributed by atoms with Gasteiger partial charge in [-0.25, -0.2) is 0 Å². The smallest absolute Gasteiger partial charge is 0.191 e. The highest BCUT2D eigenvalue weighted by Gasteiger charge is 2.27. The molecule has 1 aliphatic heterocycles. The highest BCUT2D eigenvalue weighted by atomic mass is 16.6. The molecule has 0 amide bonds. The standard InChI is InChI=1S/C18H18O3/c1-12-7-8-14(9-13(12)2)10-15(19)18-11-20-16-5-3-4-6-17(16)21-18/h3-9,18H,10-11H2,1-2H3. The molecule has 1 heterocycles. The van der Waals surface area contributed by atoms with Crippen molar-refractivity contribution in [1.82, 2.24) is 0 Å². The second kappa shape index (κ2) is 5.60. The highest BCUT2D eigenvalue weighted by Crippen LogP contribution is 2.31. The van der Waals surface area contributed by atoms with Crippen molar-refractivity contribution in [3.8, 4) is 11.5 Å². The van der Waals surface area contributed by atoms with Gasteiger partial charge in [0.15, 0.2) is 23.4 Å². The fourth-order valence-electron chi connectivity index (χ4n) is 2.41. The Kier molecular flexibility index (Phi) is 3.65. The van der Waals surface area contributed by atoms with Crippen LogP contribution in [0.25, 0.3) is 0 Å². The maximum absolute atomic E-state index is 12.4. The van der Waals surface area contributed by atoms with Gasteiger partial charge in [0.2, 0.25) is 0 Å². The van der Waals surface area contributed by atoms with E-state index in [4.69, 9.17) is 9.47 Å². The number of carbonyl (C=O) groups excluding carboxylic acids is 1. The van der Waals surface area contributed by atoms with E-state index in [-0.39, 0.29) is 12.4 Å². The fourth-order valence-corrected chi connectivity index (χ4v) is 2.41. The molecule has 0 N–H and O–H groups in total. The molecule has 2 aromatic rings. The van der Waals surface area contributed by atoms with Gasteiger partial charge in [0.1, 0.15) is 6.61 Å². The summed E-state index contributed by atoms with van der Waals surface area (Å²) in [4.78, 5) is 12.4. The van der Waals surface area contributed by atoms with Gasteiger partial charge < -0.3 is 9.47 Å². The molecule has 21 heavy (non-hydrogen) atoms. The Bertz CT molecular complexity index is 676. The van der Waals surface area contributed by atoms with Crippen molar-refractivity contribution in [3.05, 3.63) is 59.2 Å². The predicted octanol–water partition coefficient (Wildman–Crippen LogP) is 3.26. The normalized spacial score (nSPS) is 16.6. The number of rotatable bonds is 3. The highest BCUT2D eigenvalue weighted by molar-refractivity contribution is 5.86. The zero-order chi connectivity index (χ0) is 14.8. The van der Waals surface area contributed by atoms with E-state index in [1.165, 1.54) is 11.1 Å². The molecule has 0 bridgehead atoms. The number of ketones is 1. The molecule has 0 saturated carbocycles. The van der Waals surface area contributed by atoms with E-state index in [1.807, 2.05) is 36.4 Å². The minimum atomic E-state index is -0.526. The van der Waals surface area contributed by atoms with Crippen LogP contribution in [-0.4, -0.2) is 18.5 Å². The van der Waals surface area contributed by atoms with Crippen LogP contribution < -0.4 is 9.47 Å². The molecule has 0 aliphatic carbocycles. The van der Waals surface area contributed by atoms with Crippen molar-refractivity contribution in [3.63, 3.8) is 0 Å². The van der Waals surface area contributed by atoms with Gasteiger partial charge in [-0.15, -0.1) is 0 Å². The molecule has 3 rings (SSSR count). The van der Waals surface area contributed by atoms with Crippen molar-refractivity contribution in [2.24, 2.45) is 0 Å². The molecule has 0 spiro atoms. The topological polar surface area (TPSA) is 35.5 Å². The van der Waals surface area contributed by atoms with E-state index in [0.29, 0.717) is 17.9 Å². The van der Waals surface area contributed by atoms with Crippen LogP contribution in [0.2, 0.25) is 0 Å². The minimum Gasteiger partial charge on any atom is -0.485 e. The molecular weight excluding hydrogens is 264 g/mol. The number of benzene rings is 2. The molecule has 2 aromatic carbocycles. The van der Waals surface area contributed by atoms with Gasteiger partial charge >= 0.3 is 0 Å². The third-order valence-electron chi connectivity index (χ3n) is 3.82. The van der Waals surface area contributed by atoms with Gasteiger partial charge in [-0.3, -0.25) is 4.79 Å². The van der Waals surface area contributed by atoms with Crippen molar-refractivity contribution in [1.29, 1.82) is 0 Å². The first-order chi connectivity index (χ1) is 10.1. The van der Waals surface area contributed by atoms with Gasteiger partial charge in [-0.05, 0) is 42.7 Å². The van der Waals surface area contributed by atoms with Gasteiger partial charge in [-0.2, -0.15) is 0 Å². The summed E-state index contributed by atoms with van der Waals surface area (Å²) in [7, 11) is 0. The van der Waals surface area contributed by atoms with Crippen LogP contribution in [0, 0.1) is 13.8 Å². The summed E-state index contributed by atoms with van der Waals surface area (Å²) < 4.78 is 11.3. The Labute approximate surface area is 124 Å². The van der Waals surface area contributed by atoms with Crippen LogP contribution in [0.15, 0.2) is 42.5 Å². The Hall–Kier alpha value is -2.29. The van der Waals surface area contributed by atoms with E-state index in [0.717, 1.165) is 5.56 Å². The Morgan fingerprint density at radius 3 is 2.62 bits per heavy atom. The van der Waals surface area contributed by atoms with Crippen LogP contribution in [0.5, 0.6) is 11.5 Å². The van der Waals surface area contributed by atoms with Crippen LogP contribution in [-0.2, 0) is 11.2 Å². The van der Waals surface area contributed by atoms with E-state index < -0.39 is 6.10 Å². The van der Waals surface area contributed by atoms with Crippen LogP contribution >= 0.6 is 0 Å². The number of ether oxygens (including phenoxy) is 2. The number of aryl methyl sites for hydroxylation is 2. The van der Waals surface area contributed by atoms with Gasteiger partial charge in [0, 0.05) is 6.42 Å². The molecular formula is C18H18O3. The minimum absolute atomic E-state index is 0.0488. The second-order valence-corrected chi connectivity index (χ2v) is 5.43. The maximum atomic E-state index is 12.4. The maximum Gasteiger partial charge on any atom is 0.191 e. The largest absolute Gasteiger partial charge is 0.485 e. The lowest BCUT2D eigenvalue weighted by atomic mass is 10.0. The molecule has 3 heteroatoms. The van der Waals surface area contributed by atoms with Crippen molar-refractivity contribution < 1.29 is 14.3 Å². The summed E-state index contributed by atoms with van der Waals surface area (Å²) in [5, 5.41) is 0. The van der Waals surface area contributed by atoms with Crippen molar-refractivity contribution in [2.45, 2.75) is 26.4 Å². The third kappa shape index (κ3) is 2.92. The lowest BCUT2D eigenvalue weighted by molar-refractivity contribution is -0.127. The van der Waals surface area contributed by atoms with E-state index in [9.17, 15) is 4.79 Å². The molecule has 0 saturated heterocycles. The SMILES string of the molecule is Cc1ccc(CC(=O)C2COc3ccccc3O2)cc1C. The summed E-state index contributed by atoms with van der Waals surface area (Å²) >= 11 is 0. The van der Waals surface area contributed by atoms with Gasteiger partial charge in [0.25, 0.3) is 0 Å². The Morgan fingerprint density at radius 2 is 1.86 bits per heavy atom. The van der Waals surface area contributed by atoms with Crippen LogP contribution in [0.4, 0.5) is 0 Å². The van der Waals surface area contributed by atoms with E-state index in [1.54, 1.807) is 0 Å². The first-order valence-electron chi connectivity index (χ1n) is 7.11. The average Bonchev–Trinajstić information content (AvgIpc) is 2.50. The first kappa shape index (κ1) is 13.7. The predicted molar refractivity (Wildman–Crippen MR) is 81.0 cm³/mol. The van der Waals surface area contributed by atoms with Gasteiger partial charge in [0.05, 0.1) is 0 Å². The lowest BCUT2D eigenvalue weighted by Crippen LogP contribution is -2.37. The summed E-state index contributed by atoms with van der Waals surface area (Å²) in [6.45, 7) is 4.40. The molecule has 0 aromatic heterocycles. The number of Topliss-reactive ketones (excluding diaryl/α,β-unsaturated/α-hetero) is 1. The summed E-state index contributed by atoms with van der Waals surface area (Å²) in [6, 6.07) is 13.5. The number of para-hydroxylation sites is 2. The quantitative estimate of drug-likeness (QED) is 0.867. The molecule has 0 fully saturated rings. The number of carbonyl (C=O) groups is 1. The van der Waals surface area contributed by atoms with Crippen molar-refractivity contribution >= 4 is 5.78 Å². The summed E-state index contributed by atoms with van der Waals surface area (Å²) in [5.74, 6) is 1.39. The molecule has 1 aliphatic rings. The van der Waals surface area contributed by atoms with Gasteiger partial charge in [-0.1, -0.05) is 30.3 Å². The molecule has 3 nitrogen and oxygen atoms in total. The molecule has 1 atom stereocenters. The lowest BCUT2D eigenvalue weighted by Gasteiger charge is -2.25. The average molecular weight is 282 g/mol. The Morgan fingerprint density at radius 1 is 1.10 bits per heavy atom. The second-order valence-electron chi connectivity index (χ2n) is 5.43. The third-order valence-corrected chi connectivity index (χ3v) is 3.82. The number of hydrogen-bond donors (Lipinski definition) is 0. The van der Waals surface area contributed by atoms with E-state index in [2.05, 4.69) is 19.9 Å². The number of hydrogen-bond acceptors (Lipinski definition) is 3. The van der Waals surface area contributed by atoms with E-state index >= 15 is 0 Å². The van der Waals surface area contributed by atoms with Crippen molar-refractivity contribution in [2.75, 3.05) is 6.61 Å². The molecule has 1 unspecified atom stereocenters. The fraction of sp³-hybridized carbons (Fsp3) is 0.278. The molecule has 0 radical (unpaired) electrons. The van der Waals surface area contributed by atoms with Crippen LogP contribution in [0.1, 0.15) is 16.7 Å². The summed E-state index contributed by atoms with van der Waals surface area (Å²) in [6.07, 6.45) is -0.154. The zero-order valence-corrected chi connectivity index (χ0v) is 12.3.